The summed E-state index contributed by atoms with van der Waals surface area (Å²) < 4.78 is 1.10. The number of halogens is 1. The van der Waals surface area contributed by atoms with Crippen LogP contribution in [0, 0.1) is 5.41 Å². The van der Waals surface area contributed by atoms with E-state index in [0.717, 1.165) is 11.0 Å². The fourth-order valence-electron chi connectivity index (χ4n) is 1.86. The molecular weight excluding hydrogens is 264 g/mol. The Morgan fingerprint density at radius 2 is 1.94 bits per heavy atom. The first-order valence-electron chi connectivity index (χ1n) is 5.53. The molecule has 0 radical (unpaired) electrons. The van der Waals surface area contributed by atoms with Crippen LogP contribution in [0.15, 0.2) is 22.7 Å². The van der Waals surface area contributed by atoms with Crippen LogP contribution < -0.4 is 10.6 Å². The molecular formula is C13H21BrN2. The van der Waals surface area contributed by atoms with Crippen LogP contribution in [0.4, 0.5) is 5.69 Å². The second-order valence-corrected chi connectivity index (χ2v) is 6.31. The van der Waals surface area contributed by atoms with Gasteiger partial charge in [0.1, 0.15) is 0 Å². The van der Waals surface area contributed by atoms with E-state index in [1.54, 1.807) is 0 Å². The number of rotatable bonds is 3. The van der Waals surface area contributed by atoms with Gasteiger partial charge in [0, 0.05) is 30.3 Å². The topological polar surface area (TPSA) is 29.3 Å². The molecule has 0 bridgehead atoms. The minimum Gasteiger partial charge on any atom is -0.374 e. The molecule has 0 aromatic heterocycles. The summed E-state index contributed by atoms with van der Waals surface area (Å²) in [6, 6.07) is 6.25. The Hall–Kier alpha value is -0.540. The summed E-state index contributed by atoms with van der Waals surface area (Å²) in [6.45, 7) is 8.31. The maximum Gasteiger partial charge on any atom is 0.0420 e. The zero-order valence-corrected chi connectivity index (χ0v) is 12.1. The highest BCUT2D eigenvalue weighted by Crippen LogP contribution is 2.26. The molecule has 0 spiro atoms. The molecule has 3 heteroatoms. The molecule has 16 heavy (non-hydrogen) atoms. The highest BCUT2D eigenvalue weighted by molar-refractivity contribution is 9.10. The number of anilines is 1. The van der Waals surface area contributed by atoms with Crippen LogP contribution in [-0.2, 0) is 6.54 Å². The highest BCUT2D eigenvalue weighted by atomic mass is 79.9. The second kappa shape index (κ2) is 5.19. The van der Waals surface area contributed by atoms with Gasteiger partial charge in [-0.2, -0.15) is 0 Å². The Kier molecular flexibility index (Phi) is 4.39. The smallest absolute Gasteiger partial charge is 0.0420 e. The number of nitrogens with zero attached hydrogens (tertiary/aromatic N) is 1. The molecule has 2 N–H and O–H groups in total. The van der Waals surface area contributed by atoms with Crippen LogP contribution >= 0.6 is 15.9 Å². The van der Waals surface area contributed by atoms with E-state index < -0.39 is 0 Å². The van der Waals surface area contributed by atoms with Crippen molar-refractivity contribution in [2.75, 3.05) is 18.5 Å². The number of benzene rings is 1. The molecule has 0 atom stereocenters. The van der Waals surface area contributed by atoms with Gasteiger partial charge in [0.2, 0.25) is 0 Å². The molecule has 90 valence electrons. The van der Waals surface area contributed by atoms with Crippen LogP contribution in [0.3, 0.4) is 0 Å². The first kappa shape index (κ1) is 13.5. The van der Waals surface area contributed by atoms with E-state index in [4.69, 9.17) is 5.73 Å². The summed E-state index contributed by atoms with van der Waals surface area (Å²) in [5, 5.41) is 0. The SMILES string of the molecule is CN(CC(C)(C)C)c1cc(Br)ccc1CN. The van der Waals surface area contributed by atoms with Crippen LogP contribution in [0.1, 0.15) is 26.3 Å². The second-order valence-electron chi connectivity index (χ2n) is 5.39. The fourth-order valence-corrected chi connectivity index (χ4v) is 2.21. The minimum atomic E-state index is 0.281. The molecule has 0 saturated carbocycles. The van der Waals surface area contributed by atoms with E-state index >= 15 is 0 Å². The molecule has 1 aromatic rings. The predicted octanol–water partition coefficient (Wildman–Crippen LogP) is 3.39. The van der Waals surface area contributed by atoms with Gasteiger partial charge in [-0.3, -0.25) is 0 Å². The van der Waals surface area contributed by atoms with E-state index in [1.165, 1.54) is 11.3 Å². The Labute approximate surface area is 107 Å². The lowest BCUT2D eigenvalue weighted by molar-refractivity contribution is 0.418. The summed E-state index contributed by atoms with van der Waals surface area (Å²) in [4.78, 5) is 2.27. The molecule has 0 aliphatic heterocycles. The van der Waals surface area contributed by atoms with Crippen molar-refractivity contribution in [2.45, 2.75) is 27.3 Å². The van der Waals surface area contributed by atoms with Gasteiger partial charge in [-0.1, -0.05) is 42.8 Å². The van der Waals surface area contributed by atoms with Gasteiger partial charge in [0.25, 0.3) is 0 Å². The largest absolute Gasteiger partial charge is 0.374 e. The van der Waals surface area contributed by atoms with Gasteiger partial charge < -0.3 is 10.6 Å². The molecule has 2 nitrogen and oxygen atoms in total. The molecule has 1 rings (SSSR count). The zero-order valence-electron chi connectivity index (χ0n) is 10.5. The van der Waals surface area contributed by atoms with E-state index in [9.17, 15) is 0 Å². The van der Waals surface area contributed by atoms with Crippen molar-refractivity contribution < 1.29 is 0 Å². The summed E-state index contributed by atoms with van der Waals surface area (Å²) >= 11 is 3.51. The quantitative estimate of drug-likeness (QED) is 0.922. The molecule has 0 heterocycles. The van der Waals surface area contributed by atoms with E-state index in [0.29, 0.717) is 6.54 Å². The average molecular weight is 285 g/mol. The summed E-state index contributed by atoms with van der Waals surface area (Å²) in [5.41, 5.74) is 8.45. The third kappa shape index (κ3) is 3.80. The van der Waals surface area contributed by atoms with Gasteiger partial charge in [-0.25, -0.2) is 0 Å². The highest BCUT2D eigenvalue weighted by Gasteiger charge is 2.15. The van der Waals surface area contributed by atoms with Crippen molar-refractivity contribution >= 4 is 21.6 Å². The maximum atomic E-state index is 5.76. The van der Waals surface area contributed by atoms with Gasteiger partial charge in [-0.15, -0.1) is 0 Å². The fraction of sp³-hybridized carbons (Fsp3) is 0.538. The van der Waals surface area contributed by atoms with Gasteiger partial charge in [0.05, 0.1) is 0 Å². The predicted molar refractivity (Wildman–Crippen MR) is 74.8 cm³/mol. The minimum absolute atomic E-state index is 0.281. The summed E-state index contributed by atoms with van der Waals surface area (Å²) in [6.07, 6.45) is 0. The zero-order chi connectivity index (χ0) is 12.3. The summed E-state index contributed by atoms with van der Waals surface area (Å²) in [7, 11) is 2.12. The normalized spacial score (nSPS) is 11.6. The molecule has 0 unspecified atom stereocenters. The average Bonchev–Trinajstić information content (AvgIpc) is 2.15. The lowest BCUT2D eigenvalue weighted by Gasteiger charge is -2.29. The number of nitrogens with two attached hydrogens (primary N) is 1. The molecule has 0 fully saturated rings. The third-order valence-corrected chi connectivity index (χ3v) is 2.88. The number of hydrogen-bond donors (Lipinski definition) is 1. The van der Waals surface area contributed by atoms with E-state index in [1.807, 2.05) is 6.07 Å². The Morgan fingerprint density at radius 3 is 2.44 bits per heavy atom. The van der Waals surface area contributed by atoms with Crippen molar-refractivity contribution in [3.63, 3.8) is 0 Å². The van der Waals surface area contributed by atoms with Crippen LogP contribution in [-0.4, -0.2) is 13.6 Å². The van der Waals surface area contributed by atoms with Crippen LogP contribution in [0.2, 0.25) is 0 Å². The Morgan fingerprint density at radius 1 is 1.31 bits per heavy atom. The van der Waals surface area contributed by atoms with Crippen molar-refractivity contribution in [1.82, 2.24) is 0 Å². The van der Waals surface area contributed by atoms with Crippen molar-refractivity contribution in [3.8, 4) is 0 Å². The van der Waals surface area contributed by atoms with Crippen LogP contribution in [0.5, 0.6) is 0 Å². The van der Waals surface area contributed by atoms with Gasteiger partial charge >= 0.3 is 0 Å². The Bertz CT molecular complexity index is 355. The number of hydrogen-bond acceptors (Lipinski definition) is 2. The maximum absolute atomic E-state index is 5.76. The van der Waals surface area contributed by atoms with Crippen molar-refractivity contribution in [2.24, 2.45) is 11.1 Å². The lowest BCUT2D eigenvalue weighted by atomic mass is 9.95. The summed E-state index contributed by atoms with van der Waals surface area (Å²) in [5.74, 6) is 0. The first-order chi connectivity index (χ1) is 7.33. The van der Waals surface area contributed by atoms with Crippen molar-refractivity contribution in [3.05, 3.63) is 28.2 Å². The monoisotopic (exact) mass is 284 g/mol. The molecule has 1 aromatic carbocycles. The first-order valence-corrected chi connectivity index (χ1v) is 6.32. The van der Waals surface area contributed by atoms with E-state index in [2.05, 4.69) is 60.8 Å². The van der Waals surface area contributed by atoms with E-state index in [-0.39, 0.29) is 5.41 Å². The third-order valence-electron chi connectivity index (χ3n) is 2.39. The lowest BCUT2D eigenvalue weighted by Crippen LogP contribution is -2.30. The van der Waals surface area contributed by atoms with Gasteiger partial charge in [0.15, 0.2) is 0 Å². The molecule has 0 saturated heterocycles. The molecule has 0 aliphatic carbocycles. The van der Waals surface area contributed by atoms with Crippen molar-refractivity contribution in [1.29, 1.82) is 0 Å². The molecule has 0 amide bonds. The molecule has 0 aliphatic rings. The van der Waals surface area contributed by atoms with Gasteiger partial charge in [-0.05, 0) is 23.1 Å². The Balaban J connectivity index is 2.97. The van der Waals surface area contributed by atoms with Crippen LogP contribution in [0.25, 0.3) is 0 Å². The standard InChI is InChI=1S/C13H21BrN2/c1-13(2,3)9-16(4)12-7-11(14)6-5-10(12)8-15/h5-7H,8-9,15H2,1-4H3.